The summed E-state index contributed by atoms with van der Waals surface area (Å²) >= 11 is 5.98. The normalized spacial score (nSPS) is 9.53. The summed E-state index contributed by atoms with van der Waals surface area (Å²) in [6.45, 7) is 0. The first-order valence-electron chi connectivity index (χ1n) is 5.77. The van der Waals surface area contributed by atoms with Gasteiger partial charge in [0.25, 0.3) is 0 Å². The SMILES string of the molecule is Nc1ccc(-c2cccc(Cl)c2)cc1CC#CC=O. The van der Waals surface area contributed by atoms with E-state index in [-0.39, 0.29) is 0 Å². The summed E-state index contributed by atoms with van der Waals surface area (Å²) in [5, 5.41) is 0.691. The number of aldehydes is 1. The first-order chi connectivity index (χ1) is 9.20. The van der Waals surface area contributed by atoms with Crippen molar-refractivity contribution >= 4 is 23.6 Å². The van der Waals surface area contributed by atoms with Crippen LogP contribution in [0.25, 0.3) is 11.1 Å². The van der Waals surface area contributed by atoms with Crippen molar-refractivity contribution < 1.29 is 4.79 Å². The summed E-state index contributed by atoms with van der Waals surface area (Å²) in [6, 6.07) is 13.4. The van der Waals surface area contributed by atoms with Gasteiger partial charge in [-0.3, -0.25) is 4.79 Å². The molecule has 2 nitrogen and oxygen atoms in total. The average Bonchev–Trinajstić information content (AvgIpc) is 2.41. The van der Waals surface area contributed by atoms with Gasteiger partial charge in [0.1, 0.15) is 0 Å². The first kappa shape index (κ1) is 13.2. The zero-order valence-corrected chi connectivity index (χ0v) is 10.9. The molecule has 94 valence electrons. The van der Waals surface area contributed by atoms with Crippen LogP contribution in [0.1, 0.15) is 5.56 Å². The fourth-order valence-corrected chi connectivity index (χ4v) is 1.98. The Morgan fingerprint density at radius 2 is 1.95 bits per heavy atom. The lowest BCUT2D eigenvalue weighted by Crippen LogP contribution is -1.94. The molecule has 0 unspecified atom stereocenters. The van der Waals surface area contributed by atoms with Crippen molar-refractivity contribution in [1.29, 1.82) is 0 Å². The second-order valence-electron chi connectivity index (χ2n) is 4.04. The fourth-order valence-electron chi connectivity index (χ4n) is 1.79. The summed E-state index contributed by atoms with van der Waals surface area (Å²) in [5.74, 6) is 5.14. The molecule has 2 rings (SSSR count). The highest BCUT2D eigenvalue weighted by molar-refractivity contribution is 6.30. The monoisotopic (exact) mass is 269 g/mol. The number of hydrogen-bond acceptors (Lipinski definition) is 2. The van der Waals surface area contributed by atoms with E-state index in [0.717, 1.165) is 16.7 Å². The van der Waals surface area contributed by atoms with Crippen molar-refractivity contribution in [2.45, 2.75) is 6.42 Å². The molecule has 2 aromatic carbocycles. The van der Waals surface area contributed by atoms with Crippen LogP contribution in [0.2, 0.25) is 5.02 Å². The van der Waals surface area contributed by atoms with E-state index in [1.54, 1.807) is 0 Å². The van der Waals surface area contributed by atoms with Gasteiger partial charge >= 0.3 is 0 Å². The highest BCUT2D eigenvalue weighted by atomic mass is 35.5. The van der Waals surface area contributed by atoms with Crippen LogP contribution in [0.15, 0.2) is 42.5 Å². The summed E-state index contributed by atoms with van der Waals surface area (Å²) in [4.78, 5) is 10.2. The number of carbonyl (C=O) groups is 1. The Labute approximate surface area is 117 Å². The van der Waals surface area contributed by atoms with E-state index in [1.807, 2.05) is 42.5 Å². The summed E-state index contributed by atoms with van der Waals surface area (Å²) in [6.07, 6.45) is 1.04. The van der Waals surface area contributed by atoms with Crippen LogP contribution >= 0.6 is 11.6 Å². The molecule has 0 aliphatic carbocycles. The van der Waals surface area contributed by atoms with Crippen LogP contribution in [-0.4, -0.2) is 6.29 Å². The fraction of sp³-hybridized carbons (Fsp3) is 0.0625. The van der Waals surface area contributed by atoms with Gasteiger partial charge in [0.2, 0.25) is 0 Å². The molecular formula is C16H12ClNO. The minimum absolute atomic E-state index is 0.457. The van der Waals surface area contributed by atoms with Crippen molar-refractivity contribution in [2.24, 2.45) is 0 Å². The van der Waals surface area contributed by atoms with Gasteiger partial charge in [-0.1, -0.05) is 35.7 Å². The third kappa shape index (κ3) is 3.37. The smallest absolute Gasteiger partial charge is 0.192 e. The lowest BCUT2D eigenvalue weighted by atomic mass is 10.0. The summed E-state index contributed by atoms with van der Waals surface area (Å²) in [5.41, 5.74) is 9.53. The van der Waals surface area contributed by atoms with Gasteiger partial charge in [0, 0.05) is 17.1 Å². The van der Waals surface area contributed by atoms with E-state index in [9.17, 15) is 4.79 Å². The Morgan fingerprint density at radius 1 is 1.16 bits per heavy atom. The van der Waals surface area contributed by atoms with Crippen LogP contribution < -0.4 is 5.73 Å². The maximum atomic E-state index is 10.2. The number of benzene rings is 2. The van der Waals surface area contributed by atoms with E-state index in [4.69, 9.17) is 17.3 Å². The third-order valence-corrected chi connectivity index (χ3v) is 2.98. The topological polar surface area (TPSA) is 43.1 Å². The molecule has 0 heterocycles. The van der Waals surface area contributed by atoms with E-state index in [1.165, 1.54) is 0 Å². The van der Waals surface area contributed by atoms with Crippen molar-refractivity contribution in [1.82, 2.24) is 0 Å². The van der Waals surface area contributed by atoms with Gasteiger partial charge in [-0.25, -0.2) is 0 Å². The summed E-state index contributed by atoms with van der Waals surface area (Å²) < 4.78 is 0. The molecule has 0 bridgehead atoms. The molecule has 2 N–H and O–H groups in total. The lowest BCUT2D eigenvalue weighted by Gasteiger charge is -2.07. The van der Waals surface area contributed by atoms with E-state index in [0.29, 0.717) is 23.4 Å². The Balaban J connectivity index is 2.37. The van der Waals surface area contributed by atoms with Crippen LogP contribution in [0.3, 0.4) is 0 Å². The van der Waals surface area contributed by atoms with Crippen LogP contribution in [0.4, 0.5) is 5.69 Å². The van der Waals surface area contributed by atoms with Crippen molar-refractivity contribution in [3.8, 4) is 23.0 Å². The molecule has 0 aliphatic heterocycles. The number of nitrogen functional groups attached to an aromatic ring is 1. The molecule has 19 heavy (non-hydrogen) atoms. The molecule has 0 spiro atoms. The predicted octanol–water partition coefficient (Wildman–Crippen LogP) is 3.33. The number of hydrogen-bond donors (Lipinski definition) is 1. The lowest BCUT2D eigenvalue weighted by molar-refractivity contribution is -0.103. The largest absolute Gasteiger partial charge is 0.398 e. The van der Waals surface area contributed by atoms with Gasteiger partial charge in [0.05, 0.1) is 0 Å². The molecule has 0 aliphatic rings. The number of rotatable bonds is 2. The molecule has 0 aromatic heterocycles. The van der Waals surface area contributed by atoms with E-state index in [2.05, 4.69) is 11.8 Å². The average molecular weight is 270 g/mol. The van der Waals surface area contributed by atoms with Crippen molar-refractivity contribution in [3.63, 3.8) is 0 Å². The van der Waals surface area contributed by atoms with Crippen LogP contribution in [0, 0.1) is 11.8 Å². The highest BCUT2D eigenvalue weighted by Crippen LogP contribution is 2.26. The van der Waals surface area contributed by atoms with Crippen molar-refractivity contribution in [3.05, 3.63) is 53.1 Å². The second kappa shape index (κ2) is 6.08. The minimum atomic E-state index is 0.457. The van der Waals surface area contributed by atoms with Gasteiger partial charge in [0.15, 0.2) is 6.29 Å². The van der Waals surface area contributed by atoms with Gasteiger partial charge < -0.3 is 5.73 Å². The second-order valence-corrected chi connectivity index (χ2v) is 4.48. The Kier molecular flexibility index (Phi) is 4.22. The van der Waals surface area contributed by atoms with Crippen LogP contribution in [-0.2, 0) is 11.2 Å². The van der Waals surface area contributed by atoms with E-state index >= 15 is 0 Å². The zero-order valence-electron chi connectivity index (χ0n) is 10.2. The molecule has 0 fully saturated rings. The van der Waals surface area contributed by atoms with Crippen molar-refractivity contribution in [2.75, 3.05) is 5.73 Å². The number of nitrogens with two attached hydrogens (primary N) is 1. The predicted molar refractivity (Wildman–Crippen MR) is 78.8 cm³/mol. The molecule has 0 atom stereocenters. The zero-order chi connectivity index (χ0) is 13.7. The number of halogens is 1. The maximum absolute atomic E-state index is 10.2. The molecule has 0 saturated carbocycles. The van der Waals surface area contributed by atoms with E-state index < -0.39 is 0 Å². The minimum Gasteiger partial charge on any atom is -0.398 e. The molecule has 0 amide bonds. The molecule has 0 saturated heterocycles. The highest BCUT2D eigenvalue weighted by Gasteiger charge is 2.03. The summed E-state index contributed by atoms with van der Waals surface area (Å²) in [7, 11) is 0. The molecule has 0 radical (unpaired) electrons. The Bertz CT molecular complexity index is 668. The van der Waals surface area contributed by atoms with Gasteiger partial charge in [-0.05, 0) is 46.9 Å². The third-order valence-electron chi connectivity index (χ3n) is 2.74. The molecule has 2 aromatic rings. The first-order valence-corrected chi connectivity index (χ1v) is 6.15. The Morgan fingerprint density at radius 3 is 2.68 bits per heavy atom. The number of anilines is 1. The van der Waals surface area contributed by atoms with Gasteiger partial charge in [-0.2, -0.15) is 0 Å². The standard InChI is InChI=1S/C16H12ClNO/c17-15-6-3-5-12(11-15)13-7-8-16(18)14(10-13)4-1-2-9-19/h3,5-11H,4,18H2. The van der Waals surface area contributed by atoms with Gasteiger partial charge in [-0.15, -0.1) is 0 Å². The van der Waals surface area contributed by atoms with Crippen LogP contribution in [0.5, 0.6) is 0 Å². The number of carbonyl (C=O) groups excluding carboxylic acids is 1. The Hall–Kier alpha value is -2.24. The molecular weight excluding hydrogens is 258 g/mol. The maximum Gasteiger partial charge on any atom is 0.192 e. The molecule has 3 heteroatoms. The quantitative estimate of drug-likeness (QED) is 0.516.